The van der Waals surface area contributed by atoms with Crippen molar-refractivity contribution in [2.24, 2.45) is 10.8 Å². The fourth-order valence-electron chi connectivity index (χ4n) is 3.46. The molecule has 0 radical (unpaired) electrons. The van der Waals surface area contributed by atoms with Crippen LogP contribution in [0.2, 0.25) is 0 Å². The van der Waals surface area contributed by atoms with Crippen molar-refractivity contribution in [3.63, 3.8) is 0 Å². The Kier molecular flexibility index (Phi) is 1.30. The van der Waals surface area contributed by atoms with E-state index >= 15 is 0 Å². The van der Waals surface area contributed by atoms with Gasteiger partial charge in [-0.2, -0.15) is 0 Å². The van der Waals surface area contributed by atoms with Crippen LogP contribution in [-0.4, -0.2) is 19.0 Å². The van der Waals surface area contributed by atoms with Crippen LogP contribution in [0.15, 0.2) is 0 Å². The number of nitrogens with one attached hydrogen (secondary N) is 1. The largest absolute Gasteiger partial charge is 0.317 e. The van der Waals surface area contributed by atoms with Gasteiger partial charge in [0, 0.05) is 11.8 Å². The number of hydrogen-bond acceptors (Lipinski definition) is 1. The van der Waals surface area contributed by atoms with Crippen molar-refractivity contribution in [2.75, 3.05) is 13.1 Å². The third-order valence-electron chi connectivity index (χ3n) is 4.30. The Balaban J connectivity index is 1.68. The van der Waals surface area contributed by atoms with Crippen molar-refractivity contribution in [2.45, 2.75) is 38.0 Å². The van der Waals surface area contributed by atoms with Crippen LogP contribution in [0.25, 0.3) is 0 Å². The highest BCUT2D eigenvalue weighted by Gasteiger charge is 2.78. The summed E-state index contributed by atoms with van der Waals surface area (Å²) in [5, 5.41) is 3.29. The van der Waals surface area contributed by atoms with Crippen LogP contribution in [0.1, 0.15) is 32.1 Å². The van der Waals surface area contributed by atoms with Gasteiger partial charge in [0.1, 0.15) is 0 Å². The molecule has 0 aromatic rings. The molecule has 1 saturated heterocycles. The average molecular weight is 187 g/mol. The molecule has 1 heterocycles. The predicted octanol–water partition coefficient (Wildman–Crippen LogP) is 2.18. The molecule has 13 heavy (non-hydrogen) atoms. The van der Waals surface area contributed by atoms with Crippen LogP contribution in [-0.2, 0) is 0 Å². The van der Waals surface area contributed by atoms with Gasteiger partial charge in [0.25, 0.3) is 5.92 Å². The molecule has 0 bridgehead atoms. The van der Waals surface area contributed by atoms with Gasteiger partial charge in [0.2, 0.25) is 0 Å². The first kappa shape index (κ1) is 8.16. The quantitative estimate of drug-likeness (QED) is 0.613. The predicted molar refractivity (Wildman–Crippen MR) is 45.8 cm³/mol. The normalized spacial score (nSPS) is 37.4. The highest BCUT2D eigenvalue weighted by Crippen LogP contribution is 2.77. The second-order valence-corrected chi connectivity index (χ2v) is 5.27. The molecule has 2 saturated carbocycles. The first-order valence-corrected chi connectivity index (χ1v) is 5.16. The maximum Gasteiger partial charge on any atom is 0.254 e. The summed E-state index contributed by atoms with van der Waals surface area (Å²) in [6.07, 6.45) is 4.01. The smallest absolute Gasteiger partial charge is 0.254 e. The zero-order valence-corrected chi connectivity index (χ0v) is 7.71. The molecule has 0 atom stereocenters. The van der Waals surface area contributed by atoms with E-state index in [0.29, 0.717) is 5.41 Å². The third-order valence-corrected chi connectivity index (χ3v) is 4.30. The lowest BCUT2D eigenvalue weighted by Crippen LogP contribution is -2.48. The third kappa shape index (κ3) is 0.940. The van der Waals surface area contributed by atoms with Gasteiger partial charge in [-0.05, 0) is 44.2 Å². The van der Waals surface area contributed by atoms with Gasteiger partial charge >= 0.3 is 0 Å². The SMILES string of the molecule is FC1(F)CC12CC1(CCNCC1)C2. The lowest BCUT2D eigenvalue weighted by atomic mass is 9.55. The summed E-state index contributed by atoms with van der Waals surface area (Å²) >= 11 is 0. The van der Waals surface area contributed by atoms with Gasteiger partial charge in [-0.3, -0.25) is 0 Å². The van der Waals surface area contributed by atoms with Crippen LogP contribution in [0.3, 0.4) is 0 Å². The van der Waals surface area contributed by atoms with Gasteiger partial charge in [-0.25, -0.2) is 8.78 Å². The van der Waals surface area contributed by atoms with Crippen LogP contribution in [0.4, 0.5) is 8.78 Å². The summed E-state index contributed by atoms with van der Waals surface area (Å²) < 4.78 is 25.9. The minimum absolute atomic E-state index is 0.176. The topological polar surface area (TPSA) is 12.0 Å². The molecule has 1 aliphatic heterocycles. The number of halogens is 2. The van der Waals surface area contributed by atoms with Gasteiger partial charge in [-0.15, -0.1) is 0 Å². The summed E-state index contributed by atoms with van der Waals surface area (Å²) in [4.78, 5) is 0. The summed E-state index contributed by atoms with van der Waals surface area (Å²) in [6.45, 7) is 2.06. The maximum atomic E-state index is 13.0. The monoisotopic (exact) mass is 187 g/mol. The molecule has 74 valence electrons. The second kappa shape index (κ2) is 2.08. The first-order valence-electron chi connectivity index (χ1n) is 5.16. The highest BCUT2D eigenvalue weighted by molar-refractivity contribution is 5.21. The number of alkyl halides is 2. The molecule has 0 amide bonds. The van der Waals surface area contributed by atoms with Crippen LogP contribution >= 0.6 is 0 Å². The molecule has 3 rings (SSSR count). The Morgan fingerprint density at radius 1 is 0.923 bits per heavy atom. The molecular weight excluding hydrogens is 172 g/mol. The van der Waals surface area contributed by atoms with Gasteiger partial charge in [0.05, 0.1) is 0 Å². The Hall–Kier alpha value is -0.180. The summed E-state index contributed by atoms with van der Waals surface area (Å²) in [5.41, 5.74) is -0.213. The molecule has 3 heteroatoms. The summed E-state index contributed by atoms with van der Waals surface area (Å²) in [5.74, 6) is -2.30. The summed E-state index contributed by atoms with van der Waals surface area (Å²) in [7, 11) is 0. The molecule has 1 N–H and O–H groups in total. The zero-order chi connectivity index (χ0) is 9.16. The van der Waals surface area contributed by atoms with Gasteiger partial charge in [0.15, 0.2) is 0 Å². The molecule has 0 unspecified atom stereocenters. The van der Waals surface area contributed by atoms with E-state index < -0.39 is 11.3 Å². The molecule has 0 aromatic heterocycles. The van der Waals surface area contributed by atoms with Crippen molar-refractivity contribution in [3.05, 3.63) is 0 Å². The van der Waals surface area contributed by atoms with E-state index in [0.717, 1.165) is 38.8 Å². The van der Waals surface area contributed by atoms with Crippen LogP contribution in [0, 0.1) is 10.8 Å². The first-order chi connectivity index (χ1) is 6.08. The minimum Gasteiger partial charge on any atom is -0.317 e. The van der Waals surface area contributed by atoms with E-state index in [-0.39, 0.29) is 6.42 Å². The molecule has 3 aliphatic rings. The van der Waals surface area contributed by atoms with Gasteiger partial charge < -0.3 is 5.32 Å². The highest BCUT2D eigenvalue weighted by atomic mass is 19.3. The minimum atomic E-state index is -2.30. The Morgan fingerprint density at radius 3 is 1.92 bits per heavy atom. The number of piperidine rings is 1. The van der Waals surface area contributed by atoms with E-state index in [9.17, 15) is 8.78 Å². The maximum absolute atomic E-state index is 13.0. The van der Waals surface area contributed by atoms with Crippen molar-refractivity contribution in [1.29, 1.82) is 0 Å². The fraction of sp³-hybridized carbons (Fsp3) is 1.00. The van der Waals surface area contributed by atoms with Crippen LogP contribution < -0.4 is 5.32 Å². The van der Waals surface area contributed by atoms with Crippen LogP contribution in [0.5, 0.6) is 0 Å². The lowest BCUT2D eigenvalue weighted by Gasteiger charge is -2.51. The van der Waals surface area contributed by atoms with E-state index in [2.05, 4.69) is 5.32 Å². The Morgan fingerprint density at radius 2 is 1.46 bits per heavy atom. The number of hydrogen-bond donors (Lipinski definition) is 1. The second-order valence-electron chi connectivity index (χ2n) is 5.27. The summed E-state index contributed by atoms with van der Waals surface area (Å²) in [6, 6.07) is 0. The molecule has 3 fully saturated rings. The molecule has 1 nitrogen and oxygen atoms in total. The standard InChI is InChI=1S/C10H15F2N/c11-10(12)7-9(10)5-8(6-9)1-3-13-4-2-8/h13H,1-7H2. The fourth-order valence-corrected chi connectivity index (χ4v) is 3.46. The molecular formula is C10H15F2N. The lowest BCUT2D eigenvalue weighted by molar-refractivity contribution is -0.0668. The Labute approximate surface area is 76.9 Å². The van der Waals surface area contributed by atoms with Crippen molar-refractivity contribution in [3.8, 4) is 0 Å². The van der Waals surface area contributed by atoms with Gasteiger partial charge in [-0.1, -0.05) is 0 Å². The average Bonchev–Trinajstić information content (AvgIpc) is 2.54. The van der Waals surface area contributed by atoms with Crippen molar-refractivity contribution >= 4 is 0 Å². The van der Waals surface area contributed by atoms with E-state index in [1.807, 2.05) is 0 Å². The van der Waals surface area contributed by atoms with Crippen molar-refractivity contribution in [1.82, 2.24) is 5.32 Å². The molecule has 2 spiro atoms. The molecule has 0 aromatic carbocycles. The zero-order valence-electron chi connectivity index (χ0n) is 7.71. The van der Waals surface area contributed by atoms with E-state index in [1.54, 1.807) is 0 Å². The van der Waals surface area contributed by atoms with E-state index in [1.165, 1.54) is 0 Å². The van der Waals surface area contributed by atoms with Crippen molar-refractivity contribution < 1.29 is 8.78 Å². The molecule has 2 aliphatic carbocycles. The number of rotatable bonds is 0. The Bertz CT molecular complexity index is 235. The van der Waals surface area contributed by atoms with E-state index in [4.69, 9.17) is 0 Å².